The summed E-state index contributed by atoms with van der Waals surface area (Å²) in [4.78, 5) is 18.3. The third-order valence-electron chi connectivity index (χ3n) is 6.78. The summed E-state index contributed by atoms with van der Waals surface area (Å²) in [5.41, 5.74) is 5.07. The molecule has 0 unspecified atom stereocenters. The summed E-state index contributed by atoms with van der Waals surface area (Å²) in [5.74, 6) is 1.57. The molecule has 8 nitrogen and oxygen atoms in total. The third kappa shape index (κ3) is 6.15. The number of fused-ring (bicyclic) bond motifs is 1. The Morgan fingerprint density at radius 1 is 0.895 bits per heavy atom. The second-order valence-electron chi connectivity index (χ2n) is 9.45. The number of aryl methyl sites for hydroxylation is 3. The van der Waals surface area contributed by atoms with Gasteiger partial charge in [0.05, 0.1) is 13.7 Å². The minimum atomic E-state index is -0.0786. The van der Waals surface area contributed by atoms with Crippen molar-refractivity contribution in [3.05, 3.63) is 117 Å². The van der Waals surface area contributed by atoms with Crippen LogP contribution >= 0.6 is 0 Å². The minimum Gasteiger partial charge on any atom is -0.497 e. The van der Waals surface area contributed by atoms with E-state index in [-0.39, 0.29) is 5.56 Å². The van der Waals surface area contributed by atoms with Gasteiger partial charge in [-0.05, 0) is 75.7 Å². The molecule has 0 amide bonds. The number of methoxy groups -OCH3 is 1. The molecule has 5 aromatic rings. The number of H-pyrrole nitrogens is 1. The van der Waals surface area contributed by atoms with Crippen molar-refractivity contribution in [3.63, 3.8) is 0 Å². The highest BCUT2D eigenvalue weighted by molar-refractivity contribution is 5.79. The van der Waals surface area contributed by atoms with E-state index in [0.717, 1.165) is 40.9 Å². The molecule has 2 aromatic heterocycles. The van der Waals surface area contributed by atoms with Crippen LogP contribution in [0.4, 0.5) is 0 Å². The highest BCUT2D eigenvalue weighted by atomic mass is 16.5. The van der Waals surface area contributed by atoms with Crippen LogP contribution in [-0.2, 0) is 39.0 Å². The predicted octanol–water partition coefficient (Wildman–Crippen LogP) is 4.53. The summed E-state index contributed by atoms with van der Waals surface area (Å²) in [6.07, 6.45) is 1.78. The number of aromatic amines is 1. The van der Waals surface area contributed by atoms with Crippen molar-refractivity contribution < 1.29 is 4.74 Å². The Morgan fingerprint density at radius 2 is 1.68 bits per heavy atom. The number of ether oxygens (including phenoxy) is 1. The number of rotatable bonds is 11. The summed E-state index contributed by atoms with van der Waals surface area (Å²) < 4.78 is 7.17. The zero-order valence-electron chi connectivity index (χ0n) is 21.8. The van der Waals surface area contributed by atoms with Crippen LogP contribution in [0.25, 0.3) is 10.9 Å². The van der Waals surface area contributed by atoms with Crippen LogP contribution in [-0.4, -0.2) is 37.2 Å². The third-order valence-corrected chi connectivity index (χ3v) is 6.78. The van der Waals surface area contributed by atoms with Crippen molar-refractivity contribution in [2.45, 2.75) is 45.9 Å². The molecule has 0 aliphatic carbocycles. The van der Waals surface area contributed by atoms with Crippen LogP contribution < -0.4 is 10.3 Å². The highest BCUT2D eigenvalue weighted by Gasteiger charge is 2.16. The molecule has 0 aliphatic heterocycles. The Balaban J connectivity index is 1.41. The predicted molar refractivity (Wildman–Crippen MR) is 148 cm³/mol. The number of tetrazole rings is 1. The van der Waals surface area contributed by atoms with Crippen LogP contribution in [0, 0.1) is 0 Å². The Kier molecular flexibility index (Phi) is 7.89. The van der Waals surface area contributed by atoms with Crippen molar-refractivity contribution in [2.24, 2.45) is 0 Å². The number of hydrogen-bond donors (Lipinski definition) is 1. The minimum absolute atomic E-state index is 0.0786. The van der Waals surface area contributed by atoms with Gasteiger partial charge in [0.25, 0.3) is 5.56 Å². The van der Waals surface area contributed by atoms with Crippen molar-refractivity contribution in [3.8, 4) is 5.75 Å². The zero-order valence-corrected chi connectivity index (χ0v) is 21.8. The molecule has 0 saturated heterocycles. The first kappa shape index (κ1) is 25.4. The van der Waals surface area contributed by atoms with E-state index in [1.807, 2.05) is 59.3 Å². The number of benzene rings is 3. The molecule has 5 rings (SSSR count). The van der Waals surface area contributed by atoms with Gasteiger partial charge in [-0.15, -0.1) is 5.10 Å². The molecule has 38 heavy (non-hydrogen) atoms. The van der Waals surface area contributed by atoms with Gasteiger partial charge in [-0.2, -0.15) is 0 Å². The van der Waals surface area contributed by atoms with E-state index in [1.165, 1.54) is 11.1 Å². The van der Waals surface area contributed by atoms with Gasteiger partial charge in [0, 0.05) is 30.7 Å². The van der Waals surface area contributed by atoms with Crippen molar-refractivity contribution >= 4 is 10.9 Å². The van der Waals surface area contributed by atoms with Gasteiger partial charge in [-0.1, -0.05) is 55.5 Å². The quantitative estimate of drug-likeness (QED) is 0.282. The number of aromatic nitrogens is 5. The van der Waals surface area contributed by atoms with Gasteiger partial charge in [0.2, 0.25) is 0 Å². The fourth-order valence-corrected chi connectivity index (χ4v) is 4.63. The Hall–Kier alpha value is -4.30. The van der Waals surface area contributed by atoms with Crippen LogP contribution in [0.5, 0.6) is 5.75 Å². The zero-order chi connectivity index (χ0) is 26.3. The number of nitrogens with one attached hydrogen (secondary N) is 1. The van der Waals surface area contributed by atoms with E-state index in [2.05, 4.69) is 56.6 Å². The van der Waals surface area contributed by atoms with Gasteiger partial charge in [-0.25, -0.2) is 4.68 Å². The lowest BCUT2D eigenvalue weighted by atomic mass is 10.1. The second-order valence-corrected chi connectivity index (χ2v) is 9.45. The average molecular weight is 509 g/mol. The standard InChI is InChI=1S/C30H32N6O2/c1-3-22-11-14-28-25(17-22)18-26(30(37)31-28)20-35(19-24-9-12-27(38-2)13-10-24)21-29-32-33-34-36(29)16-15-23-7-5-4-6-8-23/h4-14,17-18H,3,15-16,19-21H2,1-2H3,(H,31,37). The summed E-state index contributed by atoms with van der Waals surface area (Å²) in [7, 11) is 1.66. The molecular weight excluding hydrogens is 476 g/mol. The lowest BCUT2D eigenvalue weighted by molar-refractivity contribution is 0.235. The van der Waals surface area contributed by atoms with Crippen LogP contribution in [0.2, 0.25) is 0 Å². The van der Waals surface area contributed by atoms with Crippen molar-refractivity contribution in [1.29, 1.82) is 0 Å². The second kappa shape index (κ2) is 11.8. The number of hydrogen-bond acceptors (Lipinski definition) is 6. The molecule has 0 spiro atoms. The topological polar surface area (TPSA) is 88.9 Å². The molecule has 8 heteroatoms. The first-order valence-corrected chi connectivity index (χ1v) is 12.9. The molecule has 3 aromatic carbocycles. The van der Waals surface area contributed by atoms with E-state index in [1.54, 1.807) is 7.11 Å². The van der Waals surface area contributed by atoms with E-state index in [9.17, 15) is 4.79 Å². The van der Waals surface area contributed by atoms with Gasteiger partial charge in [0.1, 0.15) is 5.75 Å². The summed E-state index contributed by atoms with van der Waals surface area (Å²) in [6, 6.07) is 26.5. The molecule has 0 atom stereocenters. The fraction of sp³-hybridized carbons (Fsp3) is 0.267. The van der Waals surface area contributed by atoms with Crippen molar-refractivity contribution in [1.82, 2.24) is 30.1 Å². The first-order valence-electron chi connectivity index (χ1n) is 12.9. The summed E-state index contributed by atoms with van der Waals surface area (Å²) in [5, 5.41) is 13.6. The molecule has 0 bridgehead atoms. The molecule has 2 heterocycles. The largest absolute Gasteiger partial charge is 0.497 e. The first-order chi connectivity index (χ1) is 18.6. The lowest BCUT2D eigenvalue weighted by Gasteiger charge is -2.22. The normalized spacial score (nSPS) is 11.3. The monoisotopic (exact) mass is 508 g/mol. The van der Waals surface area contributed by atoms with E-state index in [4.69, 9.17) is 4.74 Å². The molecule has 1 N–H and O–H groups in total. The maximum Gasteiger partial charge on any atom is 0.252 e. The molecular formula is C30H32N6O2. The summed E-state index contributed by atoms with van der Waals surface area (Å²) >= 11 is 0. The van der Waals surface area contributed by atoms with E-state index >= 15 is 0 Å². The number of pyridine rings is 1. The van der Waals surface area contributed by atoms with Gasteiger partial charge >= 0.3 is 0 Å². The Labute approximate surface area is 221 Å². The maximum atomic E-state index is 13.0. The van der Waals surface area contributed by atoms with Crippen LogP contribution in [0.3, 0.4) is 0 Å². The maximum absolute atomic E-state index is 13.0. The molecule has 0 fully saturated rings. The summed E-state index contributed by atoms with van der Waals surface area (Å²) in [6.45, 7) is 4.40. The van der Waals surface area contributed by atoms with Crippen LogP contribution in [0.15, 0.2) is 83.7 Å². The SMILES string of the molecule is CCc1ccc2[nH]c(=O)c(CN(Cc3ccc(OC)cc3)Cc3nnnn3CCc3ccccc3)cc2c1. The fourth-order valence-electron chi connectivity index (χ4n) is 4.63. The molecule has 194 valence electrons. The van der Waals surface area contributed by atoms with E-state index < -0.39 is 0 Å². The van der Waals surface area contributed by atoms with E-state index in [0.29, 0.717) is 31.7 Å². The van der Waals surface area contributed by atoms with Gasteiger partial charge in [-0.3, -0.25) is 9.69 Å². The Morgan fingerprint density at radius 3 is 2.45 bits per heavy atom. The lowest BCUT2D eigenvalue weighted by Crippen LogP contribution is -2.28. The van der Waals surface area contributed by atoms with Gasteiger partial charge in [0.15, 0.2) is 5.82 Å². The average Bonchev–Trinajstić information content (AvgIpc) is 3.39. The smallest absolute Gasteiger partial charge is 0.252 e. The Bertz CT molecular complexity index is 1540. The molecule has 0 radical (unpaired) electrons. The van der Waals surface area contributed by atoms with Crippen molar-refractivity contribution in [2.75, 3.05) is 7.11 Å². The highest BCUT2D eigenvalue weighted by Crippen LogP contribution is 2.18. The number of nitrogens with zero attached hydrogens (tertiary/aromatic N) is 5. The molecule has 0 aliphatic rings. The molecule has 0 saturated carbocycles. The van der Waals surface area contributed by atoms with Crippen LogP contribution in [0.1, 0.15) is 35.0 Å². The van der Waals surface area contributed by atoms with Gasteiger partial charge < -0.3 is 9.72 Å².